The van der Waals surface area contributed by atoms with Crippen molar-refractivity contribution in [3.05, 3.63) is 22.4 Å². The molecule has 2 rings (SSSR count). The number of rotatable bonds is 3. The van der Waals surface area contributed by atoms with Crippen LogP contribution in [0.15, 0.2) is 16.8 Å². The molecule has 0 saturated carbocycles. The minimum atomic E-state index is 0.0254. The van der Waals surface area contributed by atoms with E-state index < -0.39 is 0 Å². The summed E-state index contributed by atoms with van der Waals surface area (Å²) in [5.74, 6) is 0.140. The third-order valence-corrected chi connectivity index (χ3v) is 3.41. The summed E-state index contributed by atoms with van der Waals surface area (Å²) in [7, 11) is 0. The maximum atomic E-state index is 11.7. The third kappa shape index (κ3) is 3.04. The van der Waals surface area contributed by atoms with E-state index >= 15 is 0 Å². The van der Waals surface area contributed by atoms with Gasteiger partial charge in [-0.3, -0.25) is 4.79 Å². The zero-order valence-electron chi connectivity index (χ0n) is 8.66. The molecule has 0 aromatic carbocycles. The van der Waals surface area contributed by atoms with Gasteiger partial charge in [0.2, 0.25) is 5.91 Å². The molecule has 3 nitrogen and oxygen atoms in total. The molecule has 82 valence electrons. The lowest BCUT2D eigenvalue weighted by molar-refractivity contribution is -0.123. The average Bonchev–Trinajstić information content (AvgIpc) is 2.80. The van der Waals surface area contributed by atoms with Crippen molar-refractivity contribution in [3.63, 3.8) is 0 Å². The number of hydrogen-bond donors (Lipinski definition) is 2. The first-order valence-electron chi connectivity index (χ1n) is 5.38. The molecule has 1 atom stereocenters. The number of amides is 1. The zero-order chi connectivity index (χ0) is 10.5. The summed E-state index contributed by atoms with van der Waals surface area (Å²) in [5.41, 5.74) is 1.18. The van der Waals surface area contributed by atoms with E-state index in [4.69, 9.17) is 0 Å². The van der Waals surface area contributed by atoms with Gasteiger partial charge in [0.1, 0.15) is 0 Å². The molecule has 1 unspecified atom stereocenters. The van der Waals surface area contributed by atoms with Gasteiger partial charge in [0, 0.05) is 6.54 Å². The number of carbonyl (C=O) groups is 1. The summed E-state index contributed by atoms with van der Waals surface area (Å²) in [5, 5.41) is 10.3. The van der Waals surface area contributed by atoms with Gasteiger partial charge in [-0.05, 0) is 41.8 Å². The van der Waals surface area contributed by atoms with Gasteiger partial charge in [-0.25, -0.2) is 0 Å². The van der Waals surface area contributed by atoms with E-state index in [0.29, 0.717) is 6.54 Å². The summed E-state index contributed by atoms with van der Waals surface area (Å²) in [6.45, 7) is 1.62. The molecule has 1 aliphatic heterocycles. The molecule has 0 spiro atoms. The highest BCUT2D eigenvalue weighted by molar-refractivity contribution is 7.07. The van der Waals surface area contributed by atoms with Gasteiger partial charge in [-0.2, -0.15) is 11.3 Å². The molecule has 0 radical (unpaired) electrons. The monoisotopic (exact) mass is 224 g/mol. The second-order valence-corrected chi connectivity index (χ2v) is 4.63. The average molecular weight is 224 g/mol. The SMILES string of the molecule is O=C(NCc1ccsc1)C1CCCCN1. The molecule has 1 aliphatic rings. The van der Waals surface area contributed by atoms with Gasteiger partial charge >= 0.3 is 0 Å². The van der Waals surface area contributed by atoms with Crippen LogP contribution in [-0.2, 0) is 11.3 Å². The van der Waals surface area contributed by atoms with Crippen LogP contribution in [-0.4, -0.2) is 18.5 Å². The van der Waals surface area contributed by atoms with E-state index in [1.165, 1.54) is 12.0 Å². The van der Waals surface area contributed by atoms with E-state index in [-0.39, 0.29) is 11.9 Å². The Balaban J connectivity index is 1.76. The molecule has 1 aromatic heterocycles. The number of thiophene rings is 1. The Kier molecular flexibility index (Phi) is 3.75. The summed E-state index contributed by atoms with van der Waals surface area (Å²) >= 11 is 1.66. The summed E-state index contributed by atoms with van der Waals surface area (Å²) in [6.07, 6.45) is 3.31. The molecule has 2 N–H and O–H groups in total. The number of nitrogens with one attached hydrogen (secondary N) is 2. The minimum absolute atomic E-state index is 0.0254. The van der Waals surface area contributed by atoms with Crippen molar-refractivity contribution >= 4 is 17.2 Å². The first-order chi connectivity index (χ1) is 7.36. The Labute approximate surface area is 93.9 Å². The fraction of sp³-hybridized carbons (Fsp3) is 0.545. The van der Waals surface area contributed by atoms with Crippen molar-refractivity contribution in [2.45, 2.75) is 31.8 Å². The molecule has 1 amide bonds. The van der Waals surface area contributed by atoms with Crippen molar-refractivity contribution in [3.8, 4) is 0 Å². The Morgan fingerprint density at radius 3 is 3.20 bits per heavy atom. The fourth-order valence-electron chi connectivity index (χ4n) is 1.78. The summed E-state index contributed by atoms with van der Waals surface area (Å²) in [6, 6.07) is 2.07. The van der Waals surface area contributed by atoms with Crippen molar-refractivity contribution in [2.24, 2.45) is 0 Å². The molecule has 0 aliphatic carbocycles. The summed E-state index contributed by atoms with van der Waals surface area (Å²) in [4.78, 5) is 11.7. The molecule has 15 heavy (non-hydrogen) atoms. The number of hydrogen-bond acceptors (Lipinski definition) is 3. The van der Waals surface area contributed by atoms with Crippen molar-refractivity contribution in [1.82, 2.24) is 10.6 Å². The van der Waals surface area contributed by atoms with E-state index in [2.05, 4.69) is 16.0 Å². The highest BCUT2D eigenvalue weighted by atomic mass is 32.1. The topological polar surface area (TPSA) is 41.1 Å². The normalized spacial score (nSPS) is 21.2. The maximum Gasteiger partial charge on any atom is 0.237 e. The lowest BCUT2D eigenvalue weighted by Crippen LogP contribution is -2.46. The van der Waals surface area contributed by atoms with Gasteiger partial charge in [0.15, 0.2) is 0 Å². The van der Waals surface area contributed by atoms with Crippen LogP contribution in [0.5, 0.6) is 0 Å². The molecule has 1 aromatic rings. The van der Waals surface area contributed by atoms with Gasteiger partial charge in [0.25, 0.3) is 0 Å². The number of carbonyl (C=O) groups excluding carboxylic acids is 1. The lowest BCUT2D eigenvalue weighted by atomic mass is 10.0. The molecular formula is C11H16N2OS. The highest BCUT2D eigenvalue weighted by Crippen LogP contribution is 2.08. The van der Waals surface area contributed by atoms with Gasteiger partial charge in [-0.1, -0.05) is 6.42 Å². The number of piperidine rings is 1. The Morgan fingerprint density at radius 2 is 2.53 bits per heavy atom. The second kappa shape index (κ2) is 5.28. The minimum Gasteiger partial charge on any atom is -0.351 e. The van der Waals surface area contributed by atoms with E-state index in [9.17, 15) is 4.79 Å². The molecule has 0 bridgehead atoms. The van der Waals surface area contributed by atoms with Crippen molar-refractivity contribution in [2.75, 3.05) is 6.54 Å². The van der Waals surface area contributed by atoms with E-state index in [1.807, 2.05) is 11.4 Å². The summed E-state index contributed by atoms with van der Waals surface area (Å²) < 4.78 is 0. The third-order valence-electron chi connectivity index (χ3n) is 2.67. The van der Waals surface area contributed by atoms with Crippen LogP contribution >= 0.6 is 11.3 Å². The zero-order valence-corrected chi connectivity index (χ0v) is 9.48. The first kappa shape index (κ1) is 10.6. The molecule has 1 saturated heterocycles. The van der Waals surface area contributed by atoms with Crippen molar-refractivity contribution in [1.29, 1.82) is 0 Å². The largest absolute Gasteiger partial charge is 0.351 e. The predicted octanol–water partition coefficient (Wildman–Crippen LogP) is 1.51. The predicted molar refractivity (Wildman–Crippen MR) is 61.8 cm³/mol. The molecule has 1 fully saturated rings. The quantitative estimate of drug-likeness (QED) is 0.817. The Morgan fingerprint density at radius 1 is 1.60 bits per heavy atom. The van der Waals surface area contributed by atoms with Crippen molar-refractivity contribution < 1.29 is 4.79 Å². The highest BCUT2D eigenvalue weighted by Gasteiger charge is 2.19. The van der Waals surface area contributed by atoms with Gasteiger partial charge in [0.05, 0.1) is 6.04 Å². The molecule has 2 heterocycles. The van der Waals surface area contributed by atoms with Gasteiger partial charge in [-0.15, -0.1) is 0 Å². The van der Waals surface area contributed by atoms with Crippen LogP contribution in [0, 0.1) is 0 Å². The standard InChI is InChI=1S/C11H16N2OS/c14-11(10-3-1-2-5-12-10)13-7-9-4-6-15-8-9/h4,6,8,10,12H,1-3,5,7H2,(H,13,14). The van der Waals surface area contributed by atoms with Crippen LogP contribution in [0.2, 0.25) is 0 Å². The fourth-order valence-corrected chi connectivity index (χ4v) is 2.45. The maximum absolute atomic E-state index is 11.7. The van der Waals surface area contributed by atoms with Crippen LogP contribution in [0.3, 0.4) is 0 Å². The lowest BCUT2D eigenvalue weighted by Gasteiger charge is -2.22. The van der Waals surface area contributed by atoms with Crippen LogP contribution in [0.1, 0.15) is 24.8 Å². The van der Waals surface area contributed by atoms with E-state index in [1.54, 1.807) is 11.3 Å². The Hall–Kier alpha value is -0.870. The van der Waals surface area contributed by atoms with Crippen LogP contribution in [0.4, 0.5) is 0 Å². The Bertz CT molecular complexity index is 304. The molecule has 4 heteroatoms. The van der Waals surface area contributed by atoms with Gasteiger partial charge < -0.3 is 10.6 Å². The van der Waals surface area contributed by atoms with Crippen LogP contribution in [0.25, 0.3) is 0 Å². The van der Waals surface area contributed by atoms with Crippen LogP contribution < -0.4 is 10.6 Å². The smallest absolute Gasteiger partial charge is 0.237 e. The van der Waals surface area contributed by atoms with E-state index in [0.717, 1.165) is 19.4 Å². The molecular weight excluding hydrogens is 208 g/mol. The second-order valence-electron chi connectivity index (χ2n) is 3.85. The first-order valence-corrected chi connectivity index (χ1v) is 6.33.